The van der Waals surface area contributed by atoms with Gasteiger partial charge in [-0.3, -0.25) is 18.3 Å². The first-order chi connectivity index (χ1) is 11.4. The molecule has 0 spiro atoms. The summed E-state index contributed by atoms with van der Waals surface area (Å²) in [6.45, 7) is 3.93. The van der Waals surface area contributed by atoms with Crippen LogP contribution in [-0.4, -0.2) is 46.5 Å². The van der Waals surface area contributed by atoms with E-state index in [1.54, 1.807) is 0 Å². The molecule has 10 nitrogen and oxygen atoms in total. The van der Waals surface area contributed by atoms with Gasteiger partial charge >= 0.3 is 16.1 Å². The molecule has 148 valence electrons. The van der Waals surface area contributed by atoms with Crippen molar-refractivity contribution < 1.29 is 35.7 Å². The van der Waals surface area contributed by atoms with Gasteiger partial charge in [0.1, 0.15) is 5.37 Å². The SMILES string of the molecule is CCOS(=O)(=O)C(C)OC(=O)CCCCCC(=O)NC(C)S(=N)(=O)O. The van der Waals surface area contributed by atoms with Crippen LogP contribution in [0.2, 0.25) is 0 Å². The molecule has 25 heavy (non-hydrogen) atoms. The topological polar surface area (TPSA) is 160 Å². The second-order valence-electron chi connectivity index (χ2n) is 5.30. The van der Waals surface area contributed by atoms with Crippen molar-refractivity contribution in [2.24, 2.45) is 0 Å². The molecule has 0 aliphatic carbocycles. The number of amides is 1. The van der Waals surface area contributed by atoms with Crippen LogP contribution in [0.1, 0.15) is 52.9 Å². The molecule has 1 amide bonds. The van der Waals surface area contributed by atoms with Crippen LogP contribution in [0.25, 0.3) is 0 Å². The van der Waals surface area contributed by atoms with E-state index in [1.807, 2.05) is 0 Å². The van der Waals surface area contributed by atoms with E-state index in [0.717, 1.165) is 0 Å². The van der Waals surface area contributed by atoms with Crippen LogP contribution >= 0.6 is 0 Å². The summed E-state index contributed by atoms with van der Waals surface area (Å²) in [4.78, 5) is 23.1. The molecule has 0 aliphatic heterocycles. The van der Waals surface area contributed by atoms with E-state index in [0.29, 0.717) is 19.3 Å². The molecule has 0 rings (SSSR count). The molecule has 0 fully saturated rings. The summed E-state index contributed by atoms with van der Waals surface area (Å²) in [6.07, 6.45) is 1.44. The summed E-state index contributed by atoms with van der Waals surface area (Å²) in [7, 11) is -7.76. The number of rotatable bonds is 12. The smallest absolute Gasteiger partial charge is 0.307 e. The third-order valence-electron chi connectivity index (χ3n) is 3.11. The minimum atomic E-state index is -3.93. The Hall–Kier alpha value is -1.24. The molecule has 3 unspecified atom stereocenters. The van der Waals surface area contributed by atoms with Gasteiger partial charge in [-0.25, -0.2) is 8.99 Å². The van der Waals surface area contributed by atoms with E-state index in [2.05, 4.69) is 9.50 Å². The highest BCUT2D eigenvalue weighted by molar-refractivity contribution is 7.87. The van der Waals surface area contributed by atoms with Crippen molar-refractivity contribution in [3.63, 3.8) is 0 Å². The van der Waals surface area contributed by atoms with Gasteiger partial charge in [-0.1, -0.05) is 6.42 Å². The van der Waals surface area contributed by atoms with Crippen LogP contribution in [0.3, 0.4) is 0 Å². The van der Waals surface area contributed by atoms with Crippen molar-refractivity contribution in [2.45, 2.75) is 63.7 Å². The quantitative estimate of drug-likeness (QED) is 0.249. The van der Waals surface area contributed by atoms with E-state index in [1.165, 1.54) is 20.8 Å². The van der Waals surface area contributed by atoms with Gasteiger partial charge in [0.05, 0.1) is 6.61 Å². The number of esters is 1. The predicted octanol–water partition coefficient (Wildman–Crippen LogP) is 1.17. The van der Waals surface area contributed by atoms with Gasteiger partial charge in [0.2, 0.25) is 11.3 Å². The monoisotopic (exact) mass is 402 g/mol. The molecule has 0 aromatic rings. The van der Waals surface area contributed by atoms with Crippen molar-refractivity contribution in [3.05, 3.63) is 0 Å². The summed E-state index contributed by atoms with van der Waals surface area (Å²) in [5.74, 6) is -1.14. The summed E-state index contributed by atoms with van der Waals surface area (Å²) in [5, 5.41) is 1.09. The molecule has 12 heteroatoms. The van der Waals surface area contributed by atoms with Gasteiger partial charge in [-0.15, -0.1) is 0 Å². The number of carbonyl (C=O) groups is 2. The highest BCUT2D eigenvalue weighted by Gasteiger charge is 2.24. The zero-order valence-electron chi connectivity index (χ0n) is 14.5. The maximum absolute atomic E-state index is 11.6. The van der Waals surface area contributed by atoms with E-state index in [-0.39, 0.29) is 19.4 Å². The molecular weight excluding hydrogens is 376 g/mol. The minimum absolute atomic E-state index is 0.00118. The third kappa shape index (κ3) is 10.4. The van der Waals surface area contributed by atoms with Crippen molar-refractivity contribution in [1.82, 2.24) is 5.32 Å². The maximum Gasteiger partial charge on any atom is 0.307 e. The first-order valence-corrected chi connectivity index (χ1v) is 10.8. The fraction of sp³-hybridized carbons (Fsp3) is 0.846. The first-order valence-electron chi connectivity index (χ1n) is 7.77. The lowest BCUT2D eigenvalue weighted by Crippen LogP contribution is -2.37. The van der Waals surface area contributed by atoms with Gasteiger partial charge in [0.15, 0.2) is 10.0 Å². The fourth-order valence-corrected chi connectivity index (χ4v) is 2.71. The Labute approximate surface area is 148 Å². The molecule has 0 heterocycles. The fourth-order valence-electron chi connectivity index (χ4n) is 1.67. The molecule has 0 bridgehead atoms. The minimum Gasteiger partial charge on any atom is -0.444 e. The standard InChI is InChI=1S/C13H26N2O8S2/c1-4-22-25(20,21)11(3)23-13(17)9-7-5-6-8-12(16)15-10(2)24(14,18)19/h10-11H,4-9H2,1-3H3,(H,15,16)(H2,14,18,19). The third-order valence-corrected chi connectivity index (χ3v) is 5.66. The Kier molecular flexibility index (Phi) is 10.2. The summed E-state index contributed by atoms with van der Waals surface area (Å²) < 4.78 is 59.1. The molecule has 0 aliphatic rings. The Morgan fingerprint density at radius 1 is 1.12 bits per heavy atom. The Balaban J connectivity index is 3.99. The van der Waals surface area contributed by atoms with Gasteiger partial charge in [-0.2, -0.15) is 8.42 Å². The van der Waals surface area contributed by atoms with Crippen LogP contribution in [0, 0.1) is 4.78 Å². The van der Waals surface area contributed by atoms with Crippen LogP contribution in [0.15, 0.2) is 0 Å². The van der Waals surface area contributed by atoms with E-state index in [4.69, 9.17) is 14.1 Å². The Morgan fingerprint density at radius 3 is 2.20 bits per heavy atom. The van der Waals surface area contributed by atoms with E-state index in [9.17, 15) is 22.2 Å². The lowest BCUT2D eigenvalue weighted by molar-refractivity contribution is -0.145. The first kappa shape index (κ1) is 23.8. The Morgan fingerprint density at radius 2 is 1.68 bits per heavy atom. The van der Waals surface area contributed by atoms with Crippen LogP contribution in [0.4, 0.5) is 0 Å². The average molecular weight is 402 g/mol. The van der Waals surface area contributed by atoms with Gasteiger partial charge in [0, 0.05) is 12.8 Å². The summed E-state index contributed by atoms with van der Waals surface area (Å²) in [6, 6.07) is 0. The molecule has 0 saturated carbocycles. The van der Waals surface area contributed by atoms with Crippen molar-refractivity contribution in [2.75, 3.05) is 6.61 Å². The van der Waals surface area contributed by atoms with Crippen LogP contribution in [-0.2, 0) is 38.6 Å². The predicted molar refractivity (Wildman–Crippen MR) is 90.3 cm³/mol. The lowest BCUT2D eigenvalue weighted by Gasteiger charge is -2.13. The molecule has 0 aromatic carbocycles. The second-order valence-corrected chi connectivity index (χ2v) is 9.03. The summed E-state index contributed by atoms with van der Waals surface area (Å²) >= 11 is 0. The number of ether oxygens (including phenoxy) is 1. The van der Waals surface area contributed by atoms with E-state index >= 15 is 0 Å². The molecular formula is C13H26N2O8S2. The van der Waals surface area contributed by atoms with Crippen molar-refractivity contribution in [1.29, 1.82) is 4.78 Å². The van der Waals surface area contributed by atoms with Crippen molar-refractivity contribution >= 4 is 32.0 Å². The zero-order valence-corrected chi connectivity index (χ0v) is 16.2. The summed E-state index contributed by atoms with van der Waals surface area (Å²) in [5.41, 5.74) is -1.38. The molecule has 0 radical (unpaired) electrons. The highest BCUT2D eigenvalue weighted by atomic mass is 32.2. The Bertz CT molecular complexity index is 645. The normalized spacial score (nSPS) is 16.5. The molecule has 0 aromatic heterocycles. The number of nitrogens with one attached hydrogen (secondary N) is 2. The number of unbranched alkanes of at least 4 members (excludes halogenated alkanes) is 2. The number of hydrogen-bond acceptors (Lipinski definition) is 8. The van der Waals surface area contributed by atoms with Gasteiger partial charge < -0.3 is 10.1 Å². The van der Waals surface area contributed by atoms with Crippen LogP contribution < -0.4 is 5.32 Å². The number of carbonyl (C=O) groups excluding carboxylic acids is 2. The maximum atomic E-state index is 11.6. The average Bonchev–Trinajstić information content (AvgIpc) is 2.45. The zero-order chi connectivity index (χ0) is 19.7. The largest absolute Gasteiger partial charge is 0.444 e. The lowest BCUT2D eigenvalue weighted by atomic mass is 10.1. The van der Waals surface area contributed by atoms with Gasteiger partial charge in [-0.05, 0) is 33.6 Å². The number of hydrogen-bond donors (Lipinski definition) is 3. The van der Waals surface area contributed by atoms with Gasteiger partial charge in [0.25, 0.3) is 0 Å². The molecule has 3 N–H and O–H groups in total. The van der Waals surface area contributed by atoms with Crippen LogP contribution in [0.5, 0.6) is 0 Å². The highest BCUT2D eigenvalue weighted by Crippen LogP contribution is 2.10. The van der Waals surface area contributed by atoms with E-state index < -0.39 is 42.8 Å². The second kappa shape index (κ2) is 10.7. The van der Waals surface area contributed by atoms with Crippen molar-refractivity contribution in [3.8, 4) is 0 Å². The molecule has 0 saturated heterocycles. The molecule has 3 atom stereocenters.